The zero-order valence-corrected chi connectivity index (χ0v) is 6.55. The molecule has 1 N–H and O–H groups in total. The van der Waals surface area contributed by atoms with E-state index in [2.05, 4.69) is 0 Å². The zero-order valence-electron chi connectivity index (χ0n) is 6.55. The molecule has 10 heavy (non-hydrogen) atoms. The summed E-state index contributed by atoms with van der Waals surface area (Å²) in [7, 11) is 0. The molecule has 0 aromatic carbocycles. The van der Waals surface area contributed by atoms with E-state index in [9.17, 15) is 4.79 Å². The van der Waals surface area contributed by atoms with Crippen LogP contribution in [0.4, 0.5) is 0 Å². The minimum atomic E-state index is -0.623. The molecule has 0 radical (unpaired) electrons. The second kappa shape index (κ2) is 2.26. The molecule has 0 aromatic heterocycles. The van der Waals surface area contributed by atoms with Gasteiger partial charge in [0.2, 0.25) is 0 Å². The first kappa shape index (κ1) is 7.58. The summed E-state index contributed by atoms with van der Waals surface area (Å²) in [6.45, 7) is 4.08. The van der Waals surface area contributed by atoms with Gasteiger partial charge in [0.15, 0.2) is 0 Å². The average Bonchev–Trinajstić information content (AvgIpc) is 2.08. The predicted octanol–water partition coefficient (Wildman–Crippen LogP) is 1.90. The van der Waals surface area contributed by atoms with Crippen LogP contribution in [-0.2, 0) is 4.79 Å². The monoisotopic (exact) mass is 142 g/mol. The van der Waals surface area contributed by atoms with Crippen LogP contribution < -0.4 is 0 Å². The van der Waals surface area contributed by atoms with Gasteiger partial charge in [-0.2, -0.15) is 0 Å². The largest absolute Gasteiger partial charge is 0.481 e. The Labute approximate surface area is 61.2 Å². The van der Waals surface area contributed by atoms with Crippen LogP contribution in [0.1, 0.15) is 33.1 Å². The predicted molar refractivity (Wildman–Crippen MR) is 38.8 cm³/mol. The lowest BCUT2D eigenvalue weighted by atomic mass is 9.82. The highest BCUT2D eigenvalue weighted by molar-refractivity contribution is 5.71. The molecule has 0 aliphatic heterocycles. The quantitative estimate of drug-likeness (QED) is 0.607. The number of carboxylic acids is 1. The van der Waals surface area contributed by atoms with Crippen molar-refractivity contribution in [3.8, 4) is 0 Å². The van der Waals surface area contributed by atoms with Crippen molar-refractivity contribution in [3.63, 3.8) is 0 Å². The van der Waals surface area contributed by atoms with Crippen molar-refractivity contribution in [2.45, 2.75) is 33.1 Å². The van der Waals surface area contributed by atoms with Crippen molar-refractivity contribution < 1.29 is 9.90 Å². The lowest BCUT2D eigenvalue weighted by molar-refractivity contribution is -0.144. The highest BCUT2D eigenvalue weighted by Gasteiger charge is 2.39. The Kier molecular flexibility index (Phi) is 1.71. The first-order valence-electron chi connectivity index (χ1n) is 3.77. The van der Waals surface area contributed by atoms with E-state index in [4.69, 9.17) is 5.11 Å². The Hall–Kier alpha value is -0.530. The topological polar surface area (TPSA) is 37.3 Å². The van der Waals surface area contributed by atoms with E-state index in [0.29, 0.717) is 0 Å². The number of carbonyl (C=O) groups is 1. The molecule has 2 heteroatoms. The van der Waals surface area contributed by atoms with Crippen molar-refractivity contribution in [2.24, 2.45) is 11.3 Å². The van der Waals surface area contributed by atoms with Crippen LogP contribution in [0.2, 0.25) is 0 Å². The highest BCUT2D eigenvalue weighted by Crippen LogP contribution is 2.42. The summed E-state index contributed by atoms with van der Waals surface area (Å²) in [4.78, 5) is 10.6. The molecule has 0 aromatic rings. The smallest absolute Gasteiger partial charge is 0.307 e. The maximum atomic E-state index is 10.6. The third-order valence-electron chi connectivity index (χ3n) is 2.56. The van der Waals surface area contributed by atoms with Gasteiger partial charge in [0.05, 0.1) is 5.92 Å². The maximum absolute atomic E-state index is 10.6. The van der Waals surface area contributed by atoms with Gasteiger partial charge in [-0.1, -0.05) is 20.3 Å². The molecule has 0 saturated heterocycles. The first-order chi connectivity index (χ1) is 4.54. The molecule has 1 atom stereocenters. The van der Waals surface area contributed by atoms with E-state index in [-0.39, 0.29) is 11.3 Å². The Bertz CT molecular complexity index is 149. The fourth-order valence-corrected chi connectivity index (χ4v) is 1.78. The van der Waals surface area contributed by atoms with Gasteiger partial charge in [0, 0.05) is 0 Å². The minimum Gasteiger partial charge on any atom is -0.481 e. The molecule has 58 valence electrons. The normalized spacial score (nSPS) is 30.4. The van der Waals surface area contributed by atoms with E-state index in [1.807, 2.05) is 13.8 Å². The zero-order chi connectivity index (χ0) is 7.78. The molecule has 1 aliphatic carbocycles. The Morgan fingerprint density at radius 3 is 2.40 bits per heavy atom. The van der Waals surface area contributed by atoms with Gasteiger partial charge in [-0.3, -0.25) is 4.79 Å². The van der Waals surface area contributed by atoms with Crippen molar-refractivity contribution in [2.75, 3.05) is 0 Å². The van der Waals surface area contributed by atoms with Crippen LogP contribution in [0.15, 0.2) is 0 Å². The van der Waals surface area contributed by atoms with Crippen molar-refractivity contribution >= 4 is 5.97 Å². The number of aliphatic carboxylic acids is 1. The van der Waals surface area contributed by atoms with Gasteiger partial charge in [-0.05, 0) is 18.3 Å². The number of carboxylic acid groups (broad SMARTS) is 1. The summed E-state index contributed by atoms with van der Waals surface area (Å²) in [5.41, 5.74) is 0.0336. The second-order valence-corrected chi connectivity index (χ2v) is 3.77. The molecular weight excluding hydrogens is 128 g/mol. The fourth-order valence-electron chi connectivity index (χ4n) is 1.78. The van der Waals surface area contributed by atoms with Crippen LogP contribution in [0.5, 0.6) is 0 Å². The Morgan fingerprint density at radius 1 is 1.60 bits per heavy atom. The Morgan fingerprint density at radius 2 is 2.20 bits per heavy atom. The van der Waals surface area contributed by atoms with Crippen molar-refractivity contribution in [1.29, 1.82) is 0 Å². The summed E-state index contributed by atoms with van der Waals surface area (Å²) < 4.78 is 0. The third-order valence-corrected chi connectivity index (χ3v) is 2.56. The van der Waals surface area contributed by atoms with E-state index in [1.165, 1.54) is 0 Å². The van der Waals surface area contributed by atoms with Crippen LogP contribution in [-0.4, -0.2) is 11.1 Å². The molecule has 0 amide bonds. The Balaban J connectivity index is 2.68. The standard InChI is InChI=1S/C8H14O2/c1-8(2)5-3-4-6(8)7(9)10/h6H,3-5H2,1-2H3,(H,9,10)/t6-/m0/s1. The van der Waals surface area contributed by atoms with Crippen LogP contribution in [0, 0.1) is 11.3 Å². The molecule has 2 nitrogen and oxygen atoms in total. The van der Waals surface area contributed by atoms with E-state index in [0.717, 1.165) is 19.3 Å². The summed E-state index contributed by atoms with van der Waals surface area (Å²) >= 11 is 0. The van der Waals surface area contributed by atoms with Crippen molar-refractivity contribution in [3.05, 3.63) is 0 Å². The van der Waals surface area contributed by atoms with Gasteiger partial charge in [0.1, 0.15) is 0 Å². The number of hydrogen-bond donors (Lipinski definition) is 1. The van der Waals surface area contributed by atoms with Gasteiger partial charge in [-0.25, -0.2) is 0 Å². The maximum Gasteiger partial charge on any atom is 0.307 e. The van der Waals surface area contributed by atoms with E-state index < -0.39 is 5.97 Å². The van der Waals surface area contributed by atoms with Gasteiger partial charge < -0.3 is 5.11 Å². The molecule has 0 heterocycles. The summed E-state index contributed by atoms with van der Waals surface area (Å²) in [6, 6.07) is 0. The summed E-state index contributed by atoms with van der Waals surface area (Å²) in [6.07, 6.45) is 3.00. The fraction of sp³-hybridized carbons (Fsp3) is 0.875. The van der Waals surface area contributed by atoms with Crippen LogP contribution >= 0.6 is 0 Å². The molecule has 0 bridgehead atoms. The molecule has 1 saturated carbocycles. The van der Waals surface area contributed by atoms with Gasteiger partial charge >= 0.3 is 5.97 Å². The first-order valence-corrected chi connectivity index (χ1v) is 3.77. The van der Waals surface area contributed by atoms with Gasteiger partial charge in [0.25, 0.3) is 0 Å². The molecular formula is C8H14O2. The summed E-state index contributed by atoms with van der Waals surface area (Å²) in [5.74, 6) is -0.727. The van der Waals surface area contributed by atoms with E-state index >= 15 is 0 Å². The highest BCUT2D eigenvalue weighted by atomic mass is 16.4. The minimum absolute atomic E-state index is 0.0336. The van der Waals surface area contributed by atoms with Gasteiger partial charge in [-0.15, -0.1) is 0 Å². The van der Waals surface area contributed by atoms with Crippen LogP contribution in [0.25, 0.3) is 0 Å². The molecule has 1 fully saturated rings. The third kappa shape index (κ3) is 1.15. The lowest BCUT2D eigenvalue weighted by Gasteiger charge is -2.22. The molecule has 1 aliphatic rings. The van der Waals surface area contributed by atoms with E-state index in [1.54, 1.807) is 0 Å². The number of hydrogen-bond acceptors (Lipinski definition) is 1. The van der Waals surface area contributed by atoms with Crippen LogP contribution in [0.3, 0.4) is 0 Å². The number of rotatable bonds is 1. The average molecular weight is 142 g/mol. The molecule has 0 unspecified atom stereocenters. The second-order valence-electron chi connectivity index (χ2n) is 3.77. The lowest BCUT2D eigenvalue weighted by Crippen LogP contribution is -2.25. The van der Waals surface area contributed by atoms with Crippen molar-refractivity contribution in [1.82, 2.24) is 0 Å². The molecule has 0 spiro atoms. The summed E-state index contributed by atoms with van der Waals surface area (Å²) in [5, 5.41) is 8.75. The SMILES string of the molecule is CC1(C)CCC[C@H]1C(=O)O. The molecule has 1 rings (SSSR count).